The topological polar surface area (TPSA) is 50.7 Å². The molecule has 0 aromatic heterocycles. The summed E-state index contributed by atoms with van der Waals surface area (Å²) in [6.45, 7) is -2.93. The molecule has 0 saturated heterocycles. The number of nitrogens with zero attached hydrogens (tertiary/aromatic N) is 1. The van der Waals surface area contributed by atoms with Gasteiger partial charge in [0.2, 0.25) is 5.91 Å². The molecule has 4 nitrogen and oxygen atoms in total. The highest BCUT2D eigenvalue weighted by Crippen LogP contribution is 2.27. The molecule has 0 bridgehead atoms. The van der Waals surface area contributed by atoms with E-state index in [2.05, 4.69) is 15.0 Å². The summed E-state index contributed by atoms with van der Waals surface area (Å²) in [6.07, 6.45) is 0. The van der Waals surface area contributed by atoms with E-state index in [9.17, 15) is 13.6 Å². The molecule has 112 valence electrons. The van der Waals surface area contributed by atoms with E-state index >= 15 is 0 Å². The molecule has 0 atom stereocenters. The number of halogens is 2. The molecule has 0 unspecified atom stereocenters. The van der Waals surface area contributed by atoms with E-state index in [0.717, 1.165) is 5.56 Å². The molecular formula is C16H12F2N2O2. The van der Waals surface area contributed by atoms with E-state index in [1.165, 1.54) is 18.2 Å². The number of benzene rings is 2. The van der Waals surface area contributed by atoms with Crippen molar-refractivity contribution >= 4 is 17.3 Å². The largest absolute Gasteiger partial charge is 0.435 e. The number of alkyl halides is 2. The van der Waals surface area contributed by atoms with Crippen LogP contribution in [0.15, 0.2) is 53.5 Å². The Morgan fingerprint density at radius 2 is 1.91 bits per heavy atom. The number of carbonyl (C=O) groups is 1. The van der Waals surface area contributed by atoms with E-state index in [1.54, 1.807) is 0 Å². The summed E-state index contributed by atoms with van der Waals surface area (Å²) < 4.78 is 29.2. The second-order valence-corrected chi connectivity index (χ2v) is 4.66. The number of amides is 1. The van der Waals surface area contributed by atoms with Gasteiger partial charge in [0.15, 0.2) is 0 Å². The Bertz CT molecular complexity index is 730. The summed E-state index contributed by atoms with van der Waals surface area (Å²) in [7, 11) is 0. The third kappa shape index (κ3) is 2.95. The normalized spacial score (nSPS) is 14.0. The van der Waals surface area contributed by atoms with E-state index in [0.29, 0.717) is 17.0 Å². The van der Waals surface area contributed by atoms with Crippen LogP contribution in [0, 0.1) is 0 Å². The first-order valence-electron chi connectivity index (χ1n) is 6.62. The van der Waals surface area contributed by atoms with E-state index in [4.69, 9.17) is 0 Å². The molecule has 0 spiro atoms. The fraction of sp³-hybridized carbons (Fsp3) is 0.125. The van der Waals surface area contributed by atoms with E-state index in [-0.39, 0.29) is 18.2 Å². The van der Waals surface area contributed by atoms with Crippen molar-refractivity contribution in [3.8, 4) is 5.75 Å². The lowest BCUT2D eigenvalue weighted by Gasteiger charge is -2.12. The molecule has 1 amide bonds. The smallest absolute Gasteiger partial charge is 0.387 e. The molecule has 6 heteroatoms. The van der Waals surface area contributed by atoms with Crippen molar-refractivity contribution in [1.82, 2.24) is 0 Å². The maximum Gasteiger partial charge on any atom is 0.387 e. The highest BCUT2D eigenvalue weighted by atomic mass is 19.3. The molecule has 0 aliphatic carbocycles. The minimum absolute atomic E-state index is 0.0218. The predicted octanol–water partition coefficient (Wildman–Crippen LogP) is 3.08. The van der Waals surface area contributed by atoms with Gasteiger partial charge in [-0.05, 0) is 18.2 Å². The second kappa shape index (κ2) is 5.93. The molecule has 1 N–H and O–H groups in total. The molecule has 1 aliphatic rings. The Kier molecular flexibility index (Phi) is 3.82. The molecular weight excluding hydrogens is 290 g/mol. The Morgan fingerprint density at radius 1 is 1.14 bits per heavy atom. The first-order valence-corrected chi connectivity index (χ1v) is 6.62. The fourth-order valence-corrected chi connectivity index (χ4v) is 2.27. The Labute approximate surface area is 125 Å². The molecule has 0 fully saturated rings. The van der Waals surface area contributed by atoms with Crippen LogP contribution in [0.1, 0.15) is 11.1 Å². The van der Waals surface area contributed by atoms with Crippen LogP contribution in [0.2, 0.25) is 0 Å². The number of nitrogens with one attached hydrogen (secondary N) is 1. The van der Waals surface area contributed by atoms with Crippen LogP contribution >= 0.6 is 0 Å². The van der Waals surface area contributed by atoms with Gasteiger partial charge in [-0.2, -0.15) is 8.78 Å². The first kappa shape index (κ1) is 14.2. The van der Waals surface area contributed by atoms with Gasteiger partial charge in [-0.1, -0.05) is 30.3 Å². The van der Waals surface area contributed by atoms with Crippen molar-refractivity contribution in [2.24, 2.45) is 4.99 Å². The lowest BCUT2D eigenvalue weighted by molar-refractivity contribution is -0.114. The minimum Gasteiger partial charge on any atom is -0.435 e. The number of hydrogen-bond acceptors (Lipinski definition) is 3. The van der Waals surface area contributed by atoms with Crippen molar-refractivity contribution in [1.29, 1.82) is 0 Å². The Balaban J connectivity index is 2.10. The van der Waals surface area contributed by atoms with E-state index < -0.39 is 6.61 Å². The highest BCUT2D eigenvalue weighted by Gasteiger charge is 2.19. The number of fused-ring (bicyclic) bond motifs is 1. The van der Waals surface area contributed by atoms with Crippen LogP contribution in [0.25, 0.3) is 0 Å². The SMILES string of the molecule is O=C1CN=C(c2ccccc2)c2cc(OC(F)F)ccc2N1. The summed E-state index contributed by atoms with van der Waals surface area (Å²) in [6, 6.07) is 13.6. The molecule has 2 aromatic rings. The number of benzodiazepines with no additional fused rings is 1. The quantitative estimate of drug-likeness (QED) is 0.947. The van der Waals surface area contributed by atoms with Gasteiger partial charge < -0.3 is 10.1 Å². The van der Waals surface area contributed by atoms with Gasteiger partial charge in [-0.3, -0.25) is 9.79 Å². The Hall–Kier alpha value is -2.76. The lowest BCUT2D eigenvalue weighted by atomic mass is 10.0. The average molecular weight is 302 g/mol. The zero-order valence-corrected chi connectivity index (χ0v) is 11.4. The number of carbonyl (C=O) groups excluding carboxylic acids is 1. The molecule has 2 aromatic carbocycles. The lowest BCUT2D eigenvalue weighted by Crippen LogP contribution is -2.13. The molecule has 22 heavy (non-hydrogen) atoms. The molecule has 3 rings (SSSR count). The van der Waals surface area contributed by atoms with Crippen molar-refractivity contribution in [3.05, 3.63) is 59.7 Å². The number of hydrogen-bond donors (Lipinski definition) is 1. The van der Waals surface area contributed by atoms with Crippen LogP contribution in [0.5, 0.6) is 5.75 Å². The molecule has 1 aliphatic heterocycles. The number of rotatable bonds is 3. The van der Waals surface area contributed by atoms with Gasteiger partial charge in [-0.25, -0.2) is 0 Å². The van der Waals surface area contributed by atoms with Crippen LogP contribution < -0.4 is 10.1 Å². The third-order valence-corrected chi connectivity index (χ3v) is 3.17. The van der Waals surface area contributed by atoms with Crippen LogP contribution in [-0.2, 0) is 4.79 Å². The van der Waals surface area contributed by atoms with Gasteiger partial charge in [0.05, 0.1) is 11.4 Å². The second-order valence-electron chi connectivity index (χ2n) is 4.66. The highest BCUT2D eigenvalue weighted by molar-refractivity contribution is 6.19. The molecule has 1 heterocycles. The van der Waals surface area contributed by atoms with Gasteiger partial charge in [0.1, 0.15) is 12.3 Å². The standard InChI is InChI=1S/C16H12F2N2O2/c17-16(18)22-11-6-7-13-12(8-11)15(19-9-14(21)20-13)10-4-2-1-3-5-10/h1-8,16H,9H2,(H,20,21). The maximum atomic E-state index is 12.4. The van der Waals surface area contributed by atoms with Crippen molar-refractivity contribution < 1.29 is 18.3 Å². The molecule has 0 radical (unpaired) electrons. The van der Waals surface area contributed by atoms with Crippen LogP contribution in [0.4, 0.5) is 14.5 Å². The zero-order valence-electron chi connectivity index (χ0n) is 11.4. The van der Waals surface area contributed by atoms with Crippen LogP contribution in [-0.4, -0.2) is 24.8 Å². The number of anilines is 1. The third-order valence-electron chi connectivity index (χ3n) is 3.17. The summed E-state index contributed by atoms with van der Waals surface area (Å²) in [4.78, 5) is 16.0. The van der Waals surface area contributed by atoms with Gasteiger partial charge in [0.25, 0.3) is 0 Å². The van der Waals surface area contributed by atoms with Crippen molar-refractivity contribution in [3.63, 3.8) is 0 Å². The summed E-state index contributed by atoms with van der Waals surface area (Å²) in [5.74, 6) is -0.233. The minimum atomic E-state index is -2.91. The summed E-state index contributed by atoms with van der Waals surface area (Å²) in [5.41, 5.74) is 2.44. The summed E-state index contributed by atoms with van der Waals surface area (Å²) in [5, 5.41) is 2.71. The summed E-state index contributed by atoms with van der Waals surface area (Å²) >= 11 is 0. The number of ether oxygens (including phenoxy) is 1. The van der Waals surface area contributed by atoms with Gasteiger partial charge in [-0.15, -0.1) is 0 Å². The molecule has 0 saturated carbocycles. The first-order chi connectivity index (χ1) is 10.6. The van der Waals surface area contributed by atoms with Gasteiger partial charge >= 0.3 is 6.61 Å². The monoisotopic (exact) mass is 302 g/mol. The zero-order chi connectivity index (χ0) is 15.5. The maximum absolute atomic E-state index is 12.4. The fourth-order valence-electron chi connectivity index (χ4n) is 2.27. The number of aliphatic imine (C=N–C) groups is 1. The van der Waals surface area contributed by atoms with Gasteiger partial charge in [0, 0.05) is 11.1 Å². The predicted molar refractivity (Wildman–Crippen MR) is 78.7 cm³/mol. The van der Waals surface area contributed by atoms with Crippen LogP contribution in [0.3, 0.4) is 0 Å². The Morgan fingerprint density at radius 3 is 2.64 bits per heavy atom. The van der Waals surface area contributed by atoms with E-state index in [1.807, 2.05) is 30.3 Å². The average Bonchev–Trinajstić information content (AvgIpc) is 2.66. The van der Waals surface area contributed by atoms with Crippen molar-refractivity contribution in [2.45, 2.75) is 6.61 Å². The van der Waals surface area contributed by atoms with Crippen molar-refractivity contribution in [2.75, 3.05) is 11.9 Å².